The number of nitrogens with one attached hydrogen (secondary N) is 1. The number of hydrogen-bond acceptors (Lipinski definition) is 4. The molecule has 2 aliphatic rings. The highest BCUT2D eigenvalue weighted by atomic mass is 16.2. The van der Waals surface area contributed by atoms with Gasteiger partial charge in [0.1, 0.15) is 0 Å². The number of rotatable bonds is 4. The van der Waals surface area contributed by atoms with Crippen molar-refractivity contribution in [2.24, 2.45) is 0 Å². The Balaban J connectivity index is 1.51. The third-order valence-corrected chi connectivity index (χ3v) is 4.92. The fourth-order valence-electron chi connectivity index (χ4n) is 3.44. The third kappa shape index (κ3) is 3.76. The molecule has 1 aromatic rings. The molecule has 3 amide bonds. The lowest BCUT2D eigenvalue weighted by Crippen LogP contribution is -2.54. The number of aryl methyl sites for hydroxylation is 1. The first kappa shape index (κ1) is 16.9. The summed E-state index contributed by atoms with van der Waals surface area (Å²) in [7, 11) is 0. The lowest BCUT2D eigenvalue weighted by Gasteiger charge is -2.38. The van der Waals surface area contributed by atoms with Gasteiger partial charge in [0.25, 0.3) is 0 Å². The van der Waals surface area contributed by atoms with Gasteiger partial charge in [-0.25, -0.2) is 4.79 Å². The van der Waals surface area contributed by atoms with Gasteiger partial charge in [0.15, 0.2) is 0 Å². The van der Waals surface area contributed by atoms with Crippen LogP contribution in [0, 0.1) is 6.92 Å². The minimum atomic E-state index is -0.259. The Kier molecular flexibility index (Phi) is 5.16. The van der Waals surface area contributed by atoms with Gasteiger partial charge >= 0.3 is 6.03 Å². The molecule has 0 bridgehead atoms. The van der Waals surface area contributed by atoms with E-state index in [4.69, 9.17) is 0 Å². The van der Waals surface area contributed by atoms with Crippen LogP contribution >= 0.6 is 0 Å². The predicted octanol–water partition coefficient (Wildman–Crippen LogP) is 1.05. The molecular weight excluding hydrogens is 304 g/mol. The van der Waals surface area contributed by atoms with E-state index in [0.717, 1.165) is 32.7 Å². The second-order valence-corrected chi connectivity index (χ2v) is 6.70. The fourth-order valence-corrected chi connectivity index (χ4v) is 3.44. The van der Waals surface area contributed by atoms with Gasteiger partial charge in [-0.3, -0.25) is 19.5 Å². The van der Waals surface area contributed by atoms with Gasteiger partial charge in [0.2, 0.25) is 5.91 Å². The van der Waals surface area contributed by atoms with Crippen molar-refractivity contribution < 1.29 is 9.59 Å². The quantitative estimate of drug-likeness (QED) is 0.897. The highest BCUT2D eigenvalue weighted by molar-refractivity contribution is 5.98. The van der Waals surface area contributed by atoms with E-state index in [1.54, 1.807) is 0 Å². The summed E-state index contributed by atoms with van der Waals surface area (Å²) in [5.74, 6) is -0.0860. The zero-order valence-corrected chi connectivity index (χ0v) is 14.5. The lowest BCUT2D eigenvalue weighted by atomic mass is 10.1. The number of amides is 3. The summed E-state index contributed by atoms with van der Waals surface area (Å²) in [6.07, 6.45) is 0. The molecule has 2 aliphatic heterocycles. The van der Waals surface area contributed by atoms with Gasteiger partial charge in [-0.1, -0.05) is 29.8 Å². The number of nitrogens with zero attached hydrogens (tertiary/aromatic N) is 3. The molecular formula is C18H26N4O2. The van der Waals surface area contributed by atoms with Crippen molar-refractivity contribution in [1.82, 2.24) is 20.0 Å². The van der Waals surface area contributed by atoms with E-state index in [9.17, 15) is 9.59 Å². The molecule has 0 unspecified atom stereocenters. The van der Waals surface area contributed by atoms with Crippen molar-refractivity contribution in [2.45, 2.75) is 26.4 Å². The van der Waals surface area contributed by atoms with E-state index >= 15 is 0 Å². The molecule has 24 heavy (non-hydrogen) atoms. The largest absolute Gasteiger partial charge is 0.336 e. The molecule has 2 saturated heterocycles. The molecule has 6 nitrogen and oxygen atoms in total. The summed E-state index contributed by atoms with van der Waals surface area (Å²) in [5, 5.41) is 2.69. The summed E-state index contributed by atoms with van der Waals surface area (Å²) in [5.41, 5.74) is 2.62. The van der Waals surface area contributed by atoms with E-state index < -0.39 is 0 Å². The Hall–Kier alpha value is -1.92. The van der Waals surface area contributed by atoms with Gasteiger partial charge < -0.3 is 5.32 Å². The molecule has 0 radical (unpaired) electrons. The molecule has 130 valence electrons. The van der Waals surface area contributed by atoms with Gasteiger partial charge in [-0.05, 0) is 19.4 Å². The Labute approximate surface area is 143 Å². The molecule has 2 fully saturated rings. The fraction of sp³-hybridized carbons (Fsp3) is 0.556. The summed E-state index contributed by atoms with van der Waals surface area (Å²) in [6.45, 7) is 9.61. The zero-order valence-electron chi connectivity index (χ0n) is 14.5. The highest BCUT2D eigenvalue weighted by Gasteiger charge is 2.33. The van der Waals surface area contributed by atoms with Crippen LogP contribution in [0.3, 0.4) is 0 Å². The second kappa shape index (κ2) is 7.32. The minimum absolute atomic E-state index is 0.0860. The number of piperazine rings is 1. The molecule has 1 atom stereocenters. The summed E-state index contributed by atoms with van der Waals surface area (Å²) in [4.78, 5) is 30.1. The second-order valence-electron chi connectivity index (χ2n) is 6.70. The first-order valence-electron chi connectivity index (χ1n) is 8.66. The Morgan fingerprint density at radius 3 is 2.58 bits per heavy atom. The molecule has 1 N–H and O–H groups in total. The van der Waals surface area contributed by atoms with Gasteiger partial charge in [-0.15, -0.1) is 0 Å². The molecule has 0 saturated carbocycles. The van der Waals surface area contributed by atoms with Crippen molar-refractivity contribution >= 4 is 11.9 Å². The van der Waals surface area contributed by atoms with Crippen LogP contribution in [0.1, 0.15) is 18.1 Å². The normalized spacial score (nSPS) is 20.9. The van der Waals surface area contributed by atoms with Gasteiger partial charge in [0, 0.05) is 45.8 Å². The van der Waals surface area contributed by atoms with Gasteiger partial charge in [0.05, 0.1) is 6.04 Å². The summed E-state index contributed by atoms with van der Waals surface area (Å²) >= 11 is 0. The summed E-state index contributed by atoms with van der Waals surface area (Å²) < 4.78 is 0. The van der Waals surface area contributed by atoms with E-state index in [0.29, 0.717) is 13.1 Å². The standard InChI is InChI=1S/C18H26N4O2/c1-14-4-3-5-16(12-14)13-20-8-10-21(11-9-20)15(2)17(23)22-7-6-19-18(22)24/h3-5,12,15H,6-11,13H2,1-2H3,(H,19,24)/t15-/m1/s1. The van der Waals surface area contributed by atoms with Gasteiger partial charge in [-0.2, -0.15) is 0 Å². The average Bonchev–Trinajstić information content (AvgIpc) is 3.00. The lowest BCUT2D eigenvalue weighted by molar-refractivity contribution is -0.133. The van der Waals surface area contributed by atoms with E-state index in [-0.39, 0.29) is 18.0 Å². The number of carbonyl (C=O) groups is 2. The monoisotopic (exact) mass is 330 g/mol. The molecule has 0 aliphatic carbocycles. The number of benzene rings is 1. The molecule has 3 rings (SSSR count). The molecule has 1 aromatic carbocycles. The molecule has 0 spiro atoms. The number of carbonyl (C=O) groups excluding carboxylic acids is 2. The van der Waals surface area contributed by atoms with Crippen molar-refractivity contribution in [3.63, 3.8) is 0 Å². The highest BCUT2D eigenvalue weighted by Crippen LogP contribution is 2.13. The molecule has 6 heteroatoms. The van der Waals surface area contributed by atoms with Crippen LogP contribution in [0.5, 0.6) is 0 Å². The van der Waals surface area contributed by atoms with E-state index in [1.807, 2.05) is 6.92 Å². The smallest absolute Gasteiger partial charge is 0.324 e. The first-order valence-corrected chi connectivity index (χ1v) is 8.66. The minimum Gasteiger partial charge on any atom is -0.336 e. The first-order chi connectivity index (χ1) is 11.5. The maximum absolute atomic E-state index is 12.5. The van der Waals surface area contributed by atoms with Crippen LogP contribution in [0.15, 0.2) is 24.3 Å². The van der Waals surface area contributed by atoms with Crippen LogP contribution in [0.25, 0.3) is 0 Å². The Bertz CT molecular complexity index is 611. The Morgan fingerprint density at radius 1 is 1.21 bits per heavy atom. The Morgan fingerprint density at radius 2 is 1.96 bits per heavy atom. The van der Waals surface area contributed by atoms with Crippen LogP contribution in [-0.4, -0.2) is 71.9 Å². The SMILES string of the molecule is Cc1cccc(CN2CCN([C@H](C)C(=O)N3CCNC3=O)CC2)c1. The number of imide groups is 1. The van der Waals surface area contributed by atoms with Crippen LogP contribution in [0.2, 0.25) is 0 Å². The van der Waals surface area contributed by atoms with Crippen molar-refractivity contribution in [1.29, 1.82) is 0 Å². The van der Waals surface area contributed by atoms with Crippen LogP contribution in [0.4, 0.5) is 4.79 Å². The van der Waals surface area contributed by atoms with E-state index in [1.165, 1.54) is 16.0 Å². The summed E-state index contributed by atoms with van der Waals surface area (Å²) in [6, 6.07) is 8.11. The van der Waals surface area contributed by atoms with Crippen LogP contribution < -0.4 is 5.32 Å². The van der Waals surface area contributed by atoms with E-state index in [2.05, 4.69) is 46.3 Å². The third-order valence-electron chi connectivity index (χ3n) is 4.92. The molecule has 0 aromatic heterocycles. The maximum atomic E-state index is 12.5. The van der Waals surface area contributed by atoms with Crippen molar-refractivity contribution in [2.75, 3.05) is 39.3 Å². The predicted molar refractivity (Wildman–Crippen MR) is 92.6 cm³/mol. The topological polar surface area (TPSA) is 55.9 Å². The number of urea groups is 1. The van der Waals surface area contributed by atoms with Crippen molar-refractivity contribution in [3.05, 3.63) is 35.4 Å². The van der Waals surface area contributed by atoms with Crippen molar-refractivity contribution in [3.8, 4) is 0 Å². The zero-order chi connectivity index (χ0) is 17.1. The molecule has 2 heterocycles. The number of hydrogen-bond donors (Lipinski definition) is 1. The average molecular weight is 330 g/mol. The van der Waals surface area contributed by atoms with Crippen LogP contribution in [-0.2, 0) is 11.3 Å². The maximum Gasteiger partial charge on any atom is 0.324 e.